The third-order valence-electron chi connectivity index (χ3n) is 5.59. The molecule has 2 atom stereocenters. The number of rotatable bonds is 13. The van der Waals surface area contributed by atoms with E-state index >= 15 is 0 Å². The molecule has 0 aliphatic carbocycles. The van der Waals surface area contributed by atoms with Crippen LogP contribution in [0.15, 0.2) is 18.2 Å². The molecule has 198 valence electrons. The Bertz CT molecular complexity index is 812. The fraction of sp³-hybridized carbons (Fsp3) is 0.679. The van der Waals surface area contributed by atoms with E-state index in [1.165, 1.54) is 0 Å². The third kappa shape index (κ3) is 11.6. The van der Waals surface area contributed by atoms with E-state index in [0.717, 1.165) is 55.2 Å². The highest BCUT2D eigenvalue weighted by Crippen LogP contribution is 2.25. The molecule has 1 rings (SSSR count). The van der Waals surface area contributed by atoms with Crippen molar-refractivity contribution in [2.24, 2.45) is 0 Å². The summed E-state index contributed by atoms with van der Waals surface area (Å²) in [5.74, 6) is -0.508. The molecule has 7 nitrogen and oxygen atoms in total. The highest BCUT2D eigenvalue weighted by molar-refractivity contribution is 5.90. The van der Waals surface area contributed by atoms with Gasteiger partial charge < -0.3 is 20.3 Å². The van der Waals surface area contributed by atoms with Crippen LogP contribution in [0.4, 0.5) is 4.79 Å². The Morgan fingerprint density at radius 2 is 1.60 bits per heavy atom. The van der Waals surface area contributed by atoms with Gasteiger partial charge in [-0.05, 0) is 59.9 Å². The van der Waals surface area contributed by atoms with Crippen molar-refractivity contribution in [2.75, 3.05) is 13.1 Å². The first-order valence-electron chi connectivity index (χ1n) is 13.0. The maximum atomic E-state index is 13.6. The highest BCUT2D eigenvalue weighted by Gasteiger charge is 2.32. The van der Waals surface area contributed by atoms with Crippen molar-refractivity contribution in [1.82, 2.24) is 15.5 Å². The number of hydrogen-bond acceptors (Lipinski definition) is 4. The Hall–Kier alpha value is -2.57. The number of nitrogens with one attached hydrogen (secondary N) is 2. The van der Waals surface area contributed by atoms with Crippen molar-refractivity contribution >= 4 is 17.9 Å². The number of benzene rings is 1. The molecule has 3 amide bonds. The molecular weight excluding hydrogens is 442 g/mol. The molecule has 2 N–H and O–H groups in total. The third-order valence-corrected chi connectivity index (χ3v) is 5.59. The Balaban J connectivity index is 3.28. The van der Waals surface area contributed by atoms with Gasteiger partial charge in [-0.25, -0.2) is 4.79 Å². The monoisotopic (exact) mass is 489 g/mol. The number of aryl methyl sites for hydroxylation is 2. The second kappa shape index (κ2) is 14.7. The molecule has 1 aromatic carbocycles. The first-order valence-corrected chi connectivity index (χ1v) is 13.0. The molecule has 35 heavy (non-hydrogen) atoms. The minimum atomic E-state index is -0.775. The summed E-state index contributed by atoms with van der Waals surface area (Å²) in [5, 5.41) is 5.67. The summed E-state index contributed by atoms with van der Waals surface area (Å²) >= 11 is 0. The van der Waals surface area contributed by atoms with E-state index < -0.39 is 17.7 Å². The fourth-order valence-corrected chi connectivity index (χ4v) is 4.14. The van der Waals surface area contributed by atoms with Crippen LogP contribution in [0.3, 0.4) is 0 Å². The molecule has 0 fully saturated rings. The summed E-state index contributed by atoms with van der Waals surface area (Å²) in [5.41, 5.74) is 2.18. The van der Waals surface area contributed by atoms with Crippen molar-refractivity contribution in [3.05, 3.63) is 34.9 Å². The van der Waals surface area contributed by atoms with Crippen LogP contribution in [0.1, 0.15) is 103 Å². The zero-order chi connectivity index (χ0) is 26.6. The van der Waals surface area contributed by atoms with E-state index in [4.69, 9.17) is 4.74 Å². The van der Waals surface area contributed by atoms with Crippen LogP contribution in [0.2, 0.25) is 0 Å². The van der Waals surface area contributed by atoms with Crippen LogP contribution >= 0.6 is 0 Å². The Kier molecular flexibility index (Phi) is 12.8. The minimum Gasteiger partial charge on any atom is -0.444 e. The summed E-state index contributed by atoms with van der Waals surface area (Å²) < 4.78 is 5.28. The van der Waals surface area contributed by atoms with Gasteiger partial charge in [0.05, 0.1) is 0 Å². The van der Waals surface area contributed by atoms with Crippen LogP contribution in [0.25, 0.3) is 0 Å². The lowest BCUT2D eigenvalue weighted by atomic mass is 9.98. The van der Waals surface area contributed by atoms with Gasteiger partial charge in [0.1, 0.15) is 18.2 Å². The topological polar surface area (TPSA) is 87.7 Å². The van der Waals surface area contributed by atoms with Crippen LogP contribution < -0.4 is 10.6 Å². The number of carbonyl (C=O) groups is 3. The van der Waals surface area contributed by atoms with Gasteiger partial charge in [0.15, 0.2) is 0 Å². The Morgan fingerprint density at radius 3 is 2.14 bits per heavy atom. The number of ether oxygens (including phenoxy) is 1. The first-order chi connectivity index (χ1) is 16.4. The highest BCUT2D eigenvalue weighted by atomic mass is 16.6. The lowest BCUT2D eigenvalue weighted by molar-refractivity contribution is -0.140. The zero-order valence-electron chi connectivity index (χ0n) is 23.1. The lowest BCUT2D eigenvalue weighted by Gasteiger charge is -2.33. The second-order valence-corrected chi connectivity index (χ2v) is 10.5. The number of unbranched alkanes of at least 4 members (excludes halogenated alkanes) is 3. The van der Waals surface area contributed by atoms with Gasteiger partial charge in [0.25, 0.3) is 0 Å². The van der Waals surface area contributed by atoms with Gasteiger partial charge in [0, 0.05) is 12.6 Å². The van der Waals surface area contributed by atoms with E-state index in [9.17, 15) is 14.4 Å². The number of alkyl carbamates (subject to hydrolysis) is 1. The molecular formula is C28H47N3O4. The van der Waals surface area contributed by atoms with Crippen molar-refractivity contribution in [1.29, 1.82) is 0 Å². The molecule has 2 unspecified atom stereocenters. The summed E-state index contributed by atoms with van der Waals surface area (Å²) in [6.07, 6.45) is 5.04. The molecule has 0 spiro atoms. The van der Waals surface area contributed by atoms with Crippen molar-refractivity contribution in [3.63, 3.8) is 0 Å². The normalized spacial score (nSPS) is 13.0. The van der Waals surface area contributed by atoms with Gasteiger partial charge >= 0.3 is 6.09 Å². The van der Waals surface area contributed by atoms with E-state index in [2.05, 4.69) is 30.5 Å². The molecule has 0 heterocycles. The van der Waals surface area contributed by atoms with E-state index in [0.29, 0.717) is 6.54 Å². The molecule has 7 heteroatoms. The largest absolute Gasteiger partial charge is 0.444 e. The minimum absolute atomic E-state index is 0.00200. The van der Waals surface area contributed by atoms with Crippen LogP contribution in [-0.2, 0) is 14.3 Å². The second-order valence-electron chi connectivity index (χ2n) is 10.5. The van der Waals surface area contributed by atoms with E-state index in [-0.39, 0.29) is 24.4 Å². The van der Waals surface area contributed by atoms with Crippen LogP contribution in [0.5, 0.6) is 0 Å². The smallest absolute Gasteiger partial charge is 0.408 e. The molecule has 0 aliphatic heterocycles. The first kappa shape index (κ1) is 30.5. The van der Waals surface area contributed by atoms with Gasteiger partial charge in [-0.2, -0.15) is 0 Å². The molecule has 0 aromatic heterocycles. The molecule has 0 aliphatic rings. The number of nitrogens with zero attached hydrogens (tertiary/aromatic N) is 1. The predicted octanol–water partition coefficient (Wildman–Crippen LogP) is 5.58. The Labute approximate surface area is 212 Å². The van der Waals surface area contributed by atoms with E-state index in [1.807, 2.05) is 32.9 Å². The van der Waals surface area contributed by atoms with Gasteiger partial charge in [-0.15, -0.1) is 0 Å². The van der Waals surface area contributed by atoms with Gasteiger partial charge in [-0.3, -0.25) is 9.59 Å². The van der Waals surface area contributed by atoms with Crippen molar-refractivity contribution < 1.29 is 19.1 Å². The fourth-order valence-electron chi connectivity index (χ4n) is 4.14. The number of carbonyl (C=O) groups excluding carboxylic acids is 3. The molecule has 1 aromatic rings. The molecule has 0 radical (unpaired) electrons. The number of amides is 3. The van der Waals surface area contributed by atoms with Gasteiger partial charge in [-0.1, -0.05) is 68.9 Å². The SMILES string of the molecule is CCCCCCN(C(=O)CNC(=O)OC(C)(C)C)C(C(=O)NC(C)CCC)c1cc(C)cc(C)c1. The molecule has 0 saturated heterocycles. The summed E-state index contributed by atoms with van der Waals surface area (Å²) in [4.78, 5) is 40.9. The van der Waals surface area contributed by atoms with Crippen molar-refractivity contribution in [2.45, 2.75) is 112 Å². The molecule has 0 bridgehead atoms. The maximum absolute atomic E-state index is 13.6. The quantitative estimate of drug-likeness (QED) is 0.354. The maximum Gasteiger partial charge on any atom is 0.408 e. The van der Waals surface area contributed by atoms with Gasteiger partial charge in [0.2, 0.25) is 11.8 Å². The summed E-state index contributed by atoms with van der Waals surface area (Å²) in [6.45, 7) is 15.7. The standard InChI is InChI=1S/C28H47N3O4/c1-9-11-12-13-15-31(24(32)19-29-27(34)35-28(6,7)8)25(26(33)30-22(5)14-10-2)23-17-20(3)16-21(4)18-23/h16-18,22,25H,9-15,19H2,1-8H3,(H,29,34)(H,30,33). The average Bonchev–Trinajstić information content (AvgIpc) is 2.72. The van der Waals surface area contributed by atoms with E-state index in [1.54, 1.807) is 25.7 Å². The lowest BCUT2D eigenvalue weighted by Crippen LogP contribution is -2.49. The van der Waals surface area contributed by atoms with Crippen LogP contribution in [-0.4, -0.2) is 47.5 Å². The predicted molar refractivity (Wildman–Crippen MR) is 141 cm³/mol. The number of hydrogen-bond donors (Lipinski definition) is 2. The average molecular weight is 490 g/mol. The van der Waals surface area contributed by atoms with Crippen LogP contribution in [0, 0.1) is 13.8 Å². The van der Waals surface area contributed by atoms with Crippen molar-refractivity contribution in [3.8, 4) is 0 Å². The zero-order valence-corrected chi connectivity index (χ0v) is 23.1. The summed E-state index contributed by atoms with van der Waals surface area (Å²) in [7, 11) is 0. The molecule has 0 saturated carbocycles. The summed E-state index contributed by atoms with van der Waals surface area (Å²) in [6, 6.07) is 5.21. The Morgan fingerprint density at radius 1 is 0.971 bits per heavy atom.